The second-order valence-electron chi connectivity index (χ2n) is 6.60. The second-order valence-corrected chi connectivity index (χ2v) is 6.60. The lowest BCUT2D eigenvalue weighted by Crippen LogP contribution is -2.34. The van der Waals surface area contributed by atoms with Gasteiger partial charge in [0.2, 0.25) is 0 Å². The predicted octanol–water partition coefficient (Wildman–Crippen LogP) is 3.67. The molecule has 1 fully saturated rings. The van der Waals surface area contributed by atoms with Crippen LogP contribution in [0.4, 0.5) is 0 Å². The Hall–Kier alpha value is -2.39. The fourth-order valence-electron chi connectivity index (χ4n) is 3.72. The highest BCUT2D eigenvalue weighted by Crippen LogP contribution is 2.27. The highest BCUT2D eigenvalue weighted by molar-refractivity contribution is 5.94. The Morgan fingerprint density at radius 1 is 1.04 bits per heavy atom. The van der Waals surface area contributed by atoms with Crippen molar-refractivity contribution in [1.82, 2.24) is 9.88 Å². The number of para-hydroxylation sites is 1. The summed E-state index contributed by atoms with van der Waals surface area (Å²) >= 11 is 0. The number of pyridine rings is 1. The number of rotatable bonds is 3. The number of piperidine rings is 1. The van der Waals surface area contributed by atoms with Crippen molar-refractivity contribution in [2.75, 3.05) is 13.1 Å². The molecule has 1 aliphatic heterocycles. The Morgan fingerprint density at radius 3 is 2.62 bits per heavy atom. The van der Waals surface area contributed by atoms with Gasteiger partial charge in [-0.1, -0.05) is 48.5 Å². The van der Waals surface area contributed by atoms with Gasteiger partial charge in [0.25, 0.3) is 5.56 Å². The number of benzene rings is 2. The quantitative estimate of drug-likeness (QED) is 0.799. The molecule has 2 heterocycles. The van der Waals surface area contributed by atoms with Gasteiger partial charge in [0.05, 0.1) is 5.52 Å². The molecular formula is C21H22N2O. The van der Waals surface area contributed by atoms with Crippen LogP contribution in [0.3, 0.4) is 0 Å². The Labute approximate surface area is 141 Å². The molecule has 4 rings (SSSR count). The van der Waals surface area contributed by atoms with E-state index in [4.69, 9.17) is 0 Å². The van der Waals surface area contributed by atoms with Crippen LogP contribution in [0.5, 0.6) is 0 Å². The maximum atomic E-state index is 12.8. The van der Waals surface area contributed by atoms with Gasteiger partial charge < -0.3 is 9.88 Å². The Balaban J connectivity index is 1.84. The van der Waals surface area contributed by atoms with E-state index in [0.717, 1.165) is 41.7 Å². The first kappa shape index (κ1) is 15.2. The first-order valence-corrected chi connectivity index (χ1v) is 8.71. The van der Waals surface area contributed by atoms with Crippen LogP contribution in [0.1, 0.15) is 12.8 Å². The van der Waals surface area contributed by atoms with Crippen LogP contribution in [0.15, 0.2) is 65.5 Å². The fourth-order valence-corrected chi connectivity index (χ4v) is 3.72. The molecule has 1 atom stereocenters. The molecule has 3 nitrogen and oxygen atoms in total. The zero-order valence-corrected chi connectivity index (χ0v) is 13.7. The molecule has 1 aromatic heterocycles. The Morgan fingerprint density at radius 2 is 1.83 bits per heavy atom. The summed E-state index contributed by atoms with van der Waals surface area (Å²) in [4.78, 5) is 12.8. The van der Waals surface area contributed by atoms with E-state index in [0.29, 0.717) is 5.92 Å². The lowest BCUT2D eigenvalue weighted by atomic mass is 9.98. The van der Waals surface area contributed by atoms with Crippen LogP contribution in [0.25, 0.3) is 22.0 Å². The molecule has 1 saturated heterocycles. The summed E-state index contributed by atoms with van der Waals surface area (Å²) in [6.45, 7) is 2.89. The van der Waals surface area contributed by atoms with E-state index in [-0.39, 0.29) is 5.56 Å². The van der Waals surface area contributed by atoms with Crippen molar-refractivity contribution in [3.8, 4) is 11.1 Å². The summed E-state index contributed by atoms with van der Waals surface area (Å²) in [5.74, 6) is 0.530. The maximum absolute atomic E-state index is 12.8. The molecule has 0 spiro atoms. The van der Waals surface area contributed by atoms with Crippen LogP contribution >= 0.6 is 0 Å². The molecule has 0 amide bonds. The summed E-state index contributed by atoms with van der Waals surface area (Å²) in [6, 6.07) is 20.2. The molecule has 0 saturated carbocycles. The second kappa shape index (κ2) is 6.62. The molecule has 1 aliphatic rings. The first-order valence-electron chi connectivity index (χ1n) is 8.71. The summed E-state index contributed by atoms with van der Waals surface area (Å²) in [7, 11) is 0. The van der Waals surface area contributed by atoms with Gasteiger partial charge in [0.1, 0.15) is 0 Å². The van der Waals surface area contributed by atoms with E-state index < -0.39 is 0 Å². The van der Waals surface area contributed by atoms with Crippen LogP contribution in [0, 0.1) is 5.92 Å². The average Bonchev–Trinajstić information content (AvgIpc) is 2.65. The van der Waals surface area contributed by atoms with E-state index >= 15 is 0 Å². The Bertz CT molecular complexity index is 893. The van der Waals surface area contributed by atoms with Gasteiger partial charge in [-0.3, -0.25) is 4.79 Å². The third kappa shape index (κ3) is 2.87. The van der Waals surface area contributed by atoms with Gasteiger partial charge in [0, 0.05) is 18.0 Å². The predicted molar refractivity (Wildman–Crippen MR) is 99.2 cm³/mol. The lowest BCUT2D eigenvalue weighted by molar-refractivity contribution is 0.338. The third-order valence-corrected chi connectivity index (χ3v) is 4.94. The van der Waals surface area contributed by atoms with Crippen molar-refractivity contribution in [3.05, 3.63) is 71.0 Å². The molecule has 3 aromatic rings. The number of fused-ring (bicyclic) bond motifs is 1. The molecule has 1 unspecified atom stereocenters. The summed E-state index contributed by atoms with van der Waals surface area (Å²) < 4.78 is 1.96. The minimum atomic E-state index is 0.0955. The third-order valence-electron chi connectivity index (χ3n) is 4.94. The SMILES string of the molecule is O=c1cc(-c2ccccc2)c2ccccc2n1CC1CCCNC1. The largest absolute Gasteiger partial charge is 0.316 e. The van der Waals surface area contributed by atoms with E-state index in [2.05, 4.69) is 29.6 Å². The molecule has 1 N–H and O–H groups in total. The summed E-state index contributed by atoms with van der Waals surface area (Å²) in [6.07, 6.45) is 2.38. The molecular weight excluding hydrogens is 296 g/mol. The van der Waals surface area contributed by atoms with E-state index in [1.54, 1.807) is 6.07 Å². The van der Waals surface area contributed by atoms with Crippen molar-refractivity contribution >= 4 is 10.9 Å². The normalized spacial score (nSPS) is 17.9. The van der Waals surface area contributed by atoms with Crippen molar-refractivity contribution in [2.24, 2.45) is 5.92 Å². The van der Waals surface area contributed by atoms with Gasteiger partial charge in [-0.25, -0.2) is 0 Å². The molecule has 0 aliphatic carbocycles. The average molecular weight is 318 g/mol. The zero-order valence-electron chi connectivity index (χ0n) is 13.7. The Kier molecular flexibility index (Phi) is 4.18. The number of hydrogen-bond acceptors (Lipinski definition) is 2. The minimum Gasteiger partial charge on any atom is -0.316 e. The van der Waals surface area contributed by atoms with E-state index in [9.17, 15) is 4.79 Å². The van der Waals surface area contributed by atoms with Crippen molar-refractivity contribution in [2.45, 2.75) is 19.4 Å². The number of hydrogen-bond donors (Lipinski definition) is 1. The monoisotopic (exact) mass is 318 g/mol. The number of nitrogens with one attached hydrogen (secondary N) is 1. The summed E-state index contributed by atoms with van der Waals surface area (Å²) in [5, 5.41) is 4.59. The molecule has 3 heteroatoms. The lowest BCUT2D eigenvalue weighted by Gasteiger charge is -2.24. The van der Waals surface area contributed by atoms with Crippen molar-refractivity contribution < 1.29 is 0 Å². The van der Waals surface area contributed by atoms with Gasteiger partial charge in [-0.2, -0.15) is 0 Å². The van der Waals surface area contributed by atoms with Crippen LogP contribution in [0.2, 0.25) is 0 Å². The van der Waals surface area contributed by atoms with Crippen LogP contribution in [-0.2, 0) is 6.54 Å². The summed E-state index contributed by atoms with van der Waals surface area (Å²) in [5.41, 5.74) is 3.25. The van der Waals surface area contributed by atoms with Crippen LogP contribution in [-0.4, -0.2) is 17.7 Å². The van der Waals surface area contributed by atoms with Crippen molar-refractivity contribution in [1.29, 1.82) is 0 Å². The van der Waals surface area contributed by atoms with Gasteiger partial charge >= 0.3 is 0 Å². The fraction of sp³-hybridized carbons (Fsp3) is 0.286. The highest BCUT2D eigenvalue weighted by atomic mass is 16.1. The smallest absolute Gasteiger partial charge is 0.251 e. The molecule has 0 radical (unpaired) electrons. The topological polar surface area (TPSA) is 34.0 Å². The highest BCUT2D eigenvalue weighted by Gasteiger charge is 2.16. The minimum absolute atomic E-state index is 0.0955. The molecule has 122 valence electrons. The number of aromatic nitrogens is 1. The van der Waals surface area contributed by atoms with Crippen molar-refractivity contribution in [3.63, 3.8) is 0 Å². The van der Waals surface area contributed by atoms with Gasteiger partial charge in [-0.05, 0) is 49.0 Å². The zero-order chi connectivity index (χ0) is 16.4. The maximum Gasteiger partial charge on any atom is 0.251 e. The standard InChI is InChI=1S/C21H22N2O/c24-21-13-19(17-8-2-1-3-9-17)18-10-4-5-11-20(18)23(21)15-16-7-6-12-22-14-16/h1-5,8-11,13,16,22H,6-7,12,14-15H2. The molecule has 24 heavy (non-hydrogen) atoms. The van der Waals surface area contributed by atoms with Crippen LogP contribution < -0.4 is 10.9 Å². The van der Waals surface area contributed by atoms with Gasteiger partial charge in [0.15, 0.2) is 0 Å². The molecule has 2 aromatic carbocycles. The first-order chi connectivity index (χ1) is 11.8. The van der Waals surface area contributed by atoms with Gasteiger partial charge in [-0.15, -0.1) is 0 Å². The number of nitrogens with zero attached hydrogens (tertiary/aromatic N) is 1. The molecule has 0 bridgehead atoms. The van der Waals surface area contributed by atoms with E-state index in [1.165, 1.54) is 12.8 Å². The van der Waals surface area contributed by atoms with E-state index in [1.807, 2.05) is 34.9 Å².